The highest BCUT2D eigenvalue weighted by atomic mass is 32.2. The first kappa shape index (κ1) is 15.5. The van der Waals surface area contributed by atoms with Gasteiger partial charge in [0, 0.05) is 24.2 Å². The number of benzene rings is 1. The van der Waals surface area contributed by atoms with Gasteiger partial charge in [-0.2, -0.15) is 0 Å². The van der Waals surface area contributed by atoms with Crippen molar-refractivity contribution in [2.24, 2.45) is 5.73 Å². The summed E-state index contributed by atoms with van der Waals surface area (Å²) >= 11 is 0. The highest BCUT2D eigenvalue weighted by Gasteiger charge is 2.27. The number of nitrogens with one attached hydrogen (secondary N) is 1. The average Bonchev–Trinajstić information content (AvgIpc) is 2.24. The minimum atomic E-state index is -3.79. The van der Waals surface area contributed by atoms with Crippen LogP contribution in [0.25, 0.3) is 0 Å². The molecule has 19 heavy (non-hydrogen) atoms. The number of hydrogen-bond acceptors (Lipinski definition) is 5. The first-order valence-electron chi connectivity index (χ1n) is 5.67. The van der Waals surface area contributed by atoms with E-state index >= 15 is 0 Å². The quantitative estimate of drug-likeness (QED) is 0.612. The van der Waals surface area contributed by atoms with E-state index in [1.807, 2.05) is 0 Å². The molecule has 0 atom stereocenters. The molecule has 0 aliphatic heterocycles. The molecule has 8 heteroatoms. The number of nitro groups is 1. The second-order valence-corrected chi connectivity index (χ2v) is 5.96. The van der Waals surface area contributed by atoms with Gasteiger partial charge < -0.3 is 5.73 Å². The molecule has 0 spiro atoms. The van der Waals surface area contributed by atoms with E-state index < -0.39 is 14.9 Å². The van der Waals surface area contributed by atoms with Crippen molar-refractivity contribution in [1.29, 1.82) is 0 Å². The van der Waals surface area contributed by atoms with Crippen LogP contribution >= 0.6 is 0 Å². The molecule has 0 aliphatic carbocycles. The van der Waals surface area contributed by atoms with E-state index in [2.05, 4.69) is 4.72 Å². The molecule has 106 valence electrons. The Morgan fingerprint density at radius 3 is 2.37 bits per heavy atom. The minimum absolute atomic E-state index is 0.0433. The van der Waals surface area contributed by atoms with Crippen LogP contribution in [0.5, 0.6) is 0 Å². The fourth-order valence-electron chi connectivity index (χ4n) is 2.12. The summed E-state index contributed by atoms with van der Waals surface area (Å²) in [4.78, 5) is 10.4. The molecule has 0 amide bonds. The van der Waals surface area contributed by atoms with Crippen LogP contribution in [0.1, 0.15) is 16.7 Å². The van der Waals surface area contributed by atoms with Gasteiger partial charge in [0.25, 0.3) is 5.69 Å². The SMILES string of the molecule is Cc1cc(C)c(S(=O)(=O)NCCN)c(C)c1[N+](=O)[O-]. The van der Waals surface area contributed by atoms with E-state index in [0.717, 1.165) is 0 Å². The molecule has 0 heterocycles. The first-order valence-corrected chi connectivity index (χ1v) is 7.15. The van der Waals surface area contributed by atoms with Gasteiger partial charge in [0.05, 0.1) is 9.82 Å². The van der Waals surface area contributed by atoms with Crippen LogP contribution in [0.15, 0.2) is 11.0 Å². The highest BCUT2D eigenvalue weighted by molar-refractivity contribution is 7.89. The van der Waals surface area contributed by atoms with Gasteiger partial charge in [-0.1, -0.05) is 0 Å². The predicted molar refractivity (Wildman–Crippen MR) is 71.6 cm³/mol. The summed E-state index contributed by atoms with van der Waals surface area (Å²) in [5, 5.41) is 11.0. The Morgan fingerprint density at radius 2 is 1.89 bits per heavy atom. The lowest BCUT2D eigenvalue weighted by Gasteiger charge is -2.13. The maximum atomic E-state index is 12.1. The van der Waals surface area contributed by atoms with Crippen LogP contribution < -0.4 is 10.5 Å². The van der Waals surface area contributed by atoms with Crippen LogP contribution in [0.3, 0.4) is 0 Å². The number of nitrogens with zero attached hydrogens (tertiary/aromatic N) is 1. The van der Waals surface area contributed by atoms with Crippen molar-refractivity contribution in [2.45, 2.75) is 25.7 Å². The molecule has 0 aliphatic rings. The van der Waals surface area contributed by atoms with E-state index in [1.165, 1.54) is 13.0 Å². The summed E-state index contributed by atoms with van der Waals surface area (Å²) in [6.45, 7) is 4.88. The van der Waals surface area contributed by atoms with Gasteiger partial charge in [0.1, 0.15) is 0 Å². The van der Waals surface area contributed by atoms with E-state index in [9.17, 15) is 18.5 Å². The molecule has 0 saturated heterocycles. The van der Waals surface area contributed by atoms with Gasteiger partial charge in [0.15, 0.2) is 0 Å². The predicted octanol–water partition coefficient (Wildman–Crippen LogP) is 0.757. The molecular formula is C11H17N3O4S. The molecule has 0 fully saturated rings. The Balaban J connectivity index is 3.53. The second-order valence-electron chi connectivity index (χ2n) is 4.26. The molecule has 1 aromatic rings. The third-order valence-corrected chi connectivity index (χ3v) is 4.50. The highest BCUT2D eigenvalue weighted by Crippen LogP contribution is 2.31. The van der Waals surface area contributed by atoms with Crippen molar-refractivity contribution in [2.75, 3.05) is 13.1 Å². The molecule has 1 rings (SSSR count). The average molecular weight is 287 g/mol. The zero-order valence-electron chi connectivity index (χ0n) is 11.1. The summed E-state index contributed by atoms with van der Waals surface area (Å²) < 4.78 is 26.6. The zero-order chi connectivity index (χ0) is 14.8. The molecule has 0 bridgehead atoms. The third kappa shape index (κ3) is 3.09. The van der Waals surface area contributed by atoms with E-state index in [1.54, 1.807) is 13.8 Å². The smallest absolute Gasteiger partial charge is 0.276 e. The fourth-order valence-corrected chi connectivity index (χ4v) is 3.63. The normalized spacial score (nSPS) is 11.6. The van der Waals surface area contributed by atoms with Gasteiger partial charge in [-0.3, -0.25) is 10.1 Å². The van der Waals surface area contributed by atoms with Crippen LogP contribution in [0.4, 0.5) is 5.69 Å². The summed E-state index contributed by atoms with van der Waals surface area (Å²) in [7, 11) is -3.79. The Labute approximate surface area is 112 Å². The van der Waals surface area contributed by atoms with Gasteiger partial charge in [0.2, 0.25) is 10.0 Å². The molecule has 0 aromatic heterocycles. The van der Waals surface area contributed by atoms with Crippen LogP contribution in [-0.4, -0.2) is 26.4 Å². The number of aryl methyl sites for hydroxylation is 2. The van der Waals surface area contributed by atoms with Gasteiger partial charge in [-0.05, 0) is 32.4 Å². The Morgan fingerprint density at radius 1 is 1.32 bits per heavy atom. The molecule has 0 radical (unpaired) electrons. The lowest BCUT2D eigenvalue weighted by Crippen LogP contribution is -2.30. The number of nitro benzene ring substituents is 1. The lowest BCUT2D eigenvalue weighted by atomic mass is 10.1. The Kier molecular flexibility index (Phi) is 4.61. The topological polar surface area (TPSA) is 115 Å². The summed E-state index contributed by atoms with van der Waals surface area (Å²) in [5.74, 6) is 0. The minimum Gasteiger partial charge on any atom is -0.329 e. The van der Waals surface area contributed by atoms with Crippen molar-refractivity contribution in [3.63, 3.8) is 0 Å². The Hall–Kier alpha value is -1.51. The van der Waals surface area contributed by atoms with E-state index in [-0.39, 0.29) is 29.2 Å². The van der Waals surface area contributed by atoms with Crippen LogP contribution in [-0.2, 0) is 10.0 Å². The third-order valence-electron chi connectivity index (χ3n) is 2.75. The van der Waals surface area contributed by atoms with E-state index in [4.69, 9.17) is 5.73 Å². The Bertz CT molecular complexity index is 611. The van der Waals surface area contributed by atoms with Crippen molar-refractivity contribution in [1.82, 2.24) is 4.72 Å². The molecule has 0 saturated carbocycles. The molecule has 3 N–H and O–H groups in total. The van der Waals surface area contributed by atoms with Gasteiger partial charge in [-0.25, -0.2) is 13.1 Å². The first-order chi connectivity index (χ1) is 8.72. The summed E-state index contributed by atoms with van der Waals surface area (Å²) in [6, 6.07) is 1.50. The number of rotatable bonds is 5. The number of sulfonamides is 1. The number of hydrogen-bond donors (Lipinski definition) is 2. The zero-order valence-corrected chi connectivity index (χ0v) is 11.9. The monoisotopic (exact) mass is 287 g/mol. The van der Waals surface area contributed by atoms with Crippen molar-refractivity contribution < 1.29 is 13.3 Å². The number of nitrogens with two attached hydrogens (primary N) is 1. The van der Waals surface area contributed by atoms with Crippen molar-refractivity contribution in [3.05, 3.63) is 32.9 Å². The largest absolute Gasteiger partial charge is 0.329 e. The van der Waals surface area contributed by atoms with Crippen molar-refractivity contribution in [3.8, 4) is 0 Å². The maximum Gasteiger partial charge on any atom is 0.276 e. The van der Waals surface area contributed by atoms with Crippen molar-refractivity contribution >= 4 is 15.7 Å². The summed E-state index contributed by atoms with van der Waals surface area (Å²) in [6.07, 6.45) is 0. The van der Waals surface area contributed by atoms with Gasteiger partial charge in [-0.15, -0.1) is 0 Å². The summed E-state index contributed by atoms with van der Waals surface area (Å²) in [5.41, 5.74) is 6.15. The van der Waals surface area contributed by atoms with E-state index in [0.29, 0.717) is 11.1 Å². The maximum absolute atomic E-state index is 12.1. The second kappa shape index (κ2) is 5.64. The van der Waals surface area contributed by atoms with Gasteiger partial charge >= 0.3 is 0 Å². The van der Waals surface area contributed by atoms with Crippen LogP contribution in [0, 0.1) is 30.9 Å². The molecular weight excluding hydrogens is 270 g/mol. The molecule has 7 nitrogen and oxygen atoms in total. The molecule has 0 unspecified atom stereocenters. The fraction of sp³-hybridized carbons (Fsp3) is 0.455. The lowest BCUT2D eigenvalue weighted by molar-refractivity contribution is -0.386. The molecule has 1 aromatic carbocycles. The van der Waals surface area contributed by atoms with Crippen LogP contribution in [0.2, 0.25) is 0 Å². The standard InChI is InChI=1S/C11H17N3O4S/c1-7-6-8(2)11(9(3)10(7)14(15)16)19(17,18)13-5-4-12/h6,13H,4-5,12H2,1-3H3.